The van der Waals surface area contributed by atoms with E-state index in [9.17, 15) is 22.8 Å². The van der Waals surface area contributed by atoms with Crippen LogP contribution in [0.25, 0.3) is 0 Å². The Morgan fingerprint density at radius 2 is 1.75 bits per heavy atom. The zero-order valence-corrected chi connectivity index (χ0v) is 12.1. The van der Waals surface area contributed by atoms with Crippen LogP contribution in [0.15, 0.2) is 0 Å². The van der Waals surface area contributed by atoms with Gasteiger partial charge < -0.3 is 15.4 Å². The van der Waals surface area contributed by atoms with Crippen molar-refractivity contribution < 1.29 is 27.5 Å². The van der Waals surface area contributed by atoms with Gasteiger partial charge in [-0.3, -0.25) is 9.59 Å². The Kier molecular flexibility index (Phi) is 6.46. The maximum Gasteiger partial charge on any atom is 0.406 e. The van der Waals surface area contributed by atoms with Gasteiger partial charge in [0.05, 0.1) is 19.6 Å². The monoisotopic (exact) mass is 298 g/mol. The van der Waals surface area contributed by atoms with Crippen molar-refractivity contribution in [2.75, 3.05) is 20.2 Å². The predicted octanol–water partition coefficient (Wildman–Crippen LogP) is 1.31. The van der Waals surface area contributed by atoms with Crippen LogP contribution in [0.4, 0.5) is 13.2 Å². The number of esters is 1. The lowest BCUT2D eigenvalue weighted by atomic mass is 9.86. The SMILES string of the molecule is COC(=O)CCN(CC(F)(F)F)C(=O)[C@@H](N)C(C)(C)C. The van der Waals surface area contributed by atoms with E-state index >= 15 is 0 Å². The van der Waals surface area contributed by atoms with E-state index in [-0.39, 0.29) is 13.0 Å². The van der Waals surface area contributed by atoms with Crippen LogP contribution in [0.1, 0.15) is 27.2 Å². The summed E-state index contributed by atoms with van der Waals surface area (Å²) in [5.41, 5.74) is 5.00. The van der Waals surface area contributed by atoms with Crippen LogP contribution >= 0.6 is 0 Å². The molecule has 0 aromatic carbocycles. The fourth-order valence-corrected chi connectivity index (χ4v) is 1.38. The van der Waals surface area contributed by atoms with Crippen LogP contribution in [-0.4, -0.2) is 49.2 Å². The van der Waals surface area contributed by atoms with Crippen LogP contribution in [0.5, 0.6) is 0 Å². The van der Waals surface area contributed by atoms with Crippen LogP contribution in [0.2, 0.25) is 0 Å². The molecule has 0 saturated carbocycles. The molecule has 8 heteroatoms. The van der Waals surface area contributed by atoms with Gasteiger partial charge in [0.15, 0.2) is 0 Å². The summed E-state index contributed by atoms with van der Waals surface area (Å²) >= 11 is 0. The molecule has 2 N–H and O–H groups in total. The Labute approximate surface area is 116 Å². The first kappa shape index (κ1) is 18.7. The molecule has 0 aromatic rings. The number of alkyl halides is 3. The van der Waals surface area contributed by atoms with Gasteiger partial charge in [-0.25, -0.2) is 0 Å². The van der Waals surface area contributed by atoms with Crippen molar-refractivity contribution in [3.8, 4) is 0 Å². The van der Waals surface area contributed by atoms with Crippen molar-refractivity contribution in [3.63, 3.8) is 0 Å². The number of carbonyl (C=O) groups excluding carboxylic acids is 2. The number of amides is 1. The Balaban J connectivity index is 4.92. The van der Waals surface area contributed by atoms with Gasteiger partial charge in [-0.15, -0.1) is 0 Å². The first-order valence-corrected chi connectivity index (χ1v) is 6.06. The lowest BCUT2D eigenvalue weighted by molar-refractivity contribution is -0.164. The van der Waals surface area contributed by atoms with Gasteiger partial charge in [0.2, 0.25) is 5.91 Å². The Morgan fingerprint density at radius 3 is 2.10 bits per heavy atom. The number of rotatable bonds is 5. The molecule has 1 amide bonds. The third-order valence-electron chi connectivity index (χ3n) is 2.69. The molecule has 20 heavy (non-hydrogen) atoms. The summed E-state index contributed by atoms with van der Waals surface area (Å²) in [6, 6.07) is -1.08. The average Bonchev–Trinajstić information content (AvgIpc) is 2.29. The van der Waals surface area contributed by atoms with E-state index in [0.29, 0.717) is 4.90 Å². The standard InChI is InChI=1S/C12H21F3N2O3/c1-11(2,3)9(16)10(19)17(7-12(13,14)15)6-5-8(18)20-4/h9H,5-7,16H2,1-4H3/t9-/m1/s1. The number of nitrogens with zero attached hydrogens (tertiary/aromatic N) is 1. The highest BCUT2D eigenvalue weighted by Crippen LogP contribution is 2.22. The lowest BCUT2D eigenvalue weighted by Crippen LogP contribution is -2.53. The summed E-state index contributed by atoms with van der Waals surface area (Å²) in [4.78, 5) is 23.6. The van der Waals surface area contributed by atoms with Crippen molar-refractivity contribution in [2.24, 2.45) is 11.1 Å². The minimum Gasteiger partial charge on any atom is -0.469 e. The Morgan fingerprint density at radius 1 is 1.25 bits per heavy atom. The van der Waals surface area contributed by atoms with Crippen molar-refractivity contribution in [1.82, 2.24) is 4.90 Å². The highest BCUT2D eigenvalue weighted by molar-refractivity contribution is 5.83. The number of nitrogens with two attached hydrogens (primary N) is 1. The molecule has 0 bridgehead atoms. The average molecular weight is 298 g/mol. The molecule has 0 aromatic heterocycles. The molecule has 0 heterocycles. The Hall–Kier alpha value is -1.31. The van der Waals surface area contributed by atoms with E-state index in [1.54, 1.807) is 20.8 Å². The number of carbonyl (C=O) groups is 2. The van der Waals surface area contributed by atoms with E-state index in [1.165, 1.54) is 0 Å². The highest BCUT2D eigenvalue weighted by atomic mass is 19.4. The molecular weight excluding hydrogens is 277 g/mol. The quantitative estimate of drug-likeness (QED) is 0.777. The first-order valence-electron chi connectivity index (χ1n) is 6.06. The molecule has 0 aliphatic rings. The minimum absolute atomic E-state index is 0.310. The van der Waals surface area contributed by atoms with Gasteiger partial charge in [-0.05, 0) is 5.41 Å². The van der Waals surface area contributed by atoms with E-state index in [1.807, 2.05) is 0 Å². The topological polar surface area (TPSA) is 72.6 Å². The fraction of sp³-hybridized carbons (Fsp3) is 0.833. The van der Waals surface area contributed by atoms with Crippen LogP contribution in [0.3, 0.4) is 0 Å². The van der Waals surface area contributed by atoms with Gasteiger partial charge >= 0.3 is 12.1 Å². The molecule has 1 atom stereocenters. The third-order valence-corrected chi connectivity index (χ3v) is 2.69. The number of hydrogen-bond donors (Lipinski definition) is 1. The Bertz CT molecular complexity index is 351. The second-order valence-electron chi connectivity index (χ2n) is 5.54. The maximum absolute atomic E-state index is 12.5. The molecule has 0 radical (unpaired) electrons. The van der Waals surface area contributed by atoms with Crippen molar-refractivity contribution in [3.05, 3.63) is 0 Å². The summed E-state index contributed by atoms with van der Waals surface area (Å²) < 4.78 is 41.8. The van der Waals surface area contributed by atoms with Gasteiger partial charge in [-0.1, -0.05) is 20.8 Å². The normalized spacial score (nSPS) is 13.8. The number of ether oxygens (including phenoxy) is 1. The second-order valence-corrected chi connectivity index (χ2v) is 5.54. The maximum atomic E-state index is 12.5. The first-order chi connectivity index (χ1) is 8.88. The zero-order chi connectivity index (χ0) is 16.1. The molecule has 0 fully saturated rings. The second kappa shape index (κ2) is 6.92. The molecule has 0 unspecified atom stereocenters. The summed E-state index contributed by atoms with van der Waals surface area (Å²) in [6.07, 6.45) is -4.86. The van der Waals surface area contributed by atoms with E-state index in [2.05, 4.69) is 4.74 Å². The minimum atomic E-state index is -4.55. The van der Waals surface area contributed by atoms with Crippen LogP contribution in [-0.2, 0) is 14.3 Å². The van der Waals surface area contributed by atoms with E-state index < -0.39 is 36.1 Å². The van der Waals surface area contributed by atoms with E-state index in [0.717, 1.165) is 7.11 Å². The number of hydrogen-bond acceptors (Lipinski definition) is 4. The smallest absolute Gasteiger partial charge is 0.406 e. The van der Waals surface area contributed by atoms with Crippen molar-refractivity contribution >= 4 is 11.9 Å². The number of halogens is 3. The fourth-order valence-electron chi connectivity index (χ4n) is 1.38. The van der Waals surface area contributed by atoms with Gasteiger partial charge in [-0.2, -0.15) is 13.2 Å². The molecule has 5 nitrogen and oxygen atoms in total. The molecule has 0 saturated heterocycles. The number of methoxy groups -OCH3 is 1. The molecular formula is C12H21F3N2O3. The lowest BCUT2D eigenvalue weighted by Gasteiger charge is -2.32. The molecule has 0 spiro atoms. The van der Waals surface area contributed by atoms with Gasteiger partial charge in [0, 0.05) is 6.54 Å². The largest absolute Gasteiger partial charge is 0.469 e. The predicted molar refractivity (Wildman–Crippen MR) is 66.7 cm³/mol. The van der Waals surface area contributed by atoms with Crippen LogP contribution in [0, 0.1) is 5.41 Å². The third kappa shape index (κ3) is 6.74. The molecule has 0 aliphatic carbocycles. The summed E-state index contributed by atoms with van der Waals surface area (Å²) in [5.74, 6) is -1.52. The molecule has 118 valence electrons. The van der Waals surface area contributed by atoms with Crippen LogP contribution < -0.4 is 5.73 Å². The van der Waals surface area contributed by atoms with Crippen molar-refractivity contribution in [1.29, 1.82) is 0 Å². The van der Waals surface area contributed by atoms with Gasteiger partial charge in [0.1, 0.15) is 6.54 Å². The highest BCUT2D eigenvalue weighted by Gasteiger charge is 2.37. The summed E-state index contributed by atoms with van der Waals surface area (Å²) in [6.45, 7) is 3.15. The summed E-state index contributed by atoms with van der Waals surface area (Å²) in [7, 11) is 1.12. The molecule has 0 aliphatic heterocycles. The summed E-state index contributed by atoms with van der Waals surface area (Å²) in [5, 5.41) is 0. The van der Waals surface area contributed by atoms with Crippen molar-refractivity contribution in [2.45, 2.75) is 39.4 Å². The zero-order valence-electron chi connectivity index (χ0n) is 12.1. The van der Waals surface area contributed by atoms with E-state index in [4.69, 9.17) is 5.73 Å². The molecule has 0 rings (SSSR count). The van der Waals surface area contributed by atoms with Gasteiger partial charge in [0.25, 0.3) is 0 Å².